The fourth-order valence-electron chi connectivity index (χ4n) is 2.19. The Labute approximate surface area is 98.1 Å². The van der Waals surface area contributed by atoms with Crippen LogP contribution in [0.15, 0.2) is 17.5 Å². The van der Waals surface area contributed by atoms with E-state index in [9.17, 15) is 0 Å². The third kappa shape index (κ3) is 1.66. The van der Waals surface area contributed by atoms with Crippen molar-refractivity contribution in [1.82, 2.24) is 20.5 Å². The van der Waals surface area contributed by atoms with E-state index in [-0.39, 0.29) is 0 Å². The highest BCUT2D eigenvalue weighted by molar-refractivity contribution is 7.13. The highest BCUT2D eigenvalue weighted by atomic mass is 32.1. The number of nitrogens with zero attached hydrogens (tertiary/aromatic N) is 2. The Morgan fingerprint density at radius 1 is 1.50 bits per heavy atom. The van der Waals surface area contributed by atoms with Crippen LogP contribution in [0.3, 0.4) is 0 Å². The maximum atomic E-state index is 4.59. The zero-order valence-corrected chi connectivity index (χ0v) is 9.92. The molecule has 0 bridgehead atoms. The van der Waals surface area contributed by atoms with Crippen molar-refractivity contribution in [2.45, 2.75) is 25.3 Å². The van der Waals surface area contributed by atoms with E-state index >= 15 is 0 Å². The molecule has 2 atom stereocenters. The van der Waals surface area contributed by atoms with Gasteiger partial charge in [0, 0.05) is 12.0 Å². The van der Waals surface area contributed by atoms with Crippen molar-refractivity contribution in [3.05, 3.63) is 23.3 Å². The lowest BCUT2D eigenvalue weighted by molar-refractivity contribution is 0.570. The maximum Gasteiger partial charge on any atom is 0.191 e. The van der Waals surface area contributed by atoms with Crippen molar-refractivity contribution in [3.63, 3.8) is 0 Å². The molecule has 1 aliphatic rings. The Morgan fingerprint density at radius 2 is 2.44 bits per heavy atom. The standard InChI is InChI=1S/C11H14N4S/c1-7-8(4-5-12-7)10-13-11(15-14-10)9-3-2-6-16-9/h2-3,6-8,12H,4-5H2,1H3,(H,13,14,15). The summed E-state index contributed by atoms with van der Waals surface area (Å²) in [5, 5.41) is 12.8. The number of hydrogen-bond donors (Lipinski definition) is 2. The molecule has 0 aliphatic carbocycles. The second-order valence-corrected chi connectivity index (χ2v) is 5.11. The van der Waals surface area contributed by atoms with Crippen LogP contribution in [0.1, 0.15) is 25.1 Å². The summed E-state index contributed by atoms with van der Waals surface area (Å²) in [6.07, 6.45) is 1.14. The molecule has 0 aromatic carbocycles. The lowest BCUT2D eigenvalue weighted by atomic mass is 10.0. The van der Waals surface area contributed by atoms with Gasteiger partial charge in [-0.2, -0.15) is 5.10 Å². The molecule has 0 radical (unpaired) electrons. The molecule has 0 amide bonds. The molecule has 1 saturated heterocycles. The molecule has 4 nitrogen and oxygen atoms in total. The van der Waals surface area contributed by atoms with Crippen LogP contribution < -0.4 is 5.32 Å². The van der Waals surface area contributed by atoms with E-state index in [4.69, 9.17) is 0 Å². The van der Waals surface area contributed by atoms with Crippen LogP contribution in [-0.2, 0) is 0 Å². The van der Waals surface area contributed by atoms with Crippen LogP contribution in [0.4, 0.5) is 0 Å². The van der Waals surface area contributed by atoms with E-state index in [1.165, 1.54) is 0 Å². The molecule has 2 unspecified atom stereocenters. The van der Waals surface area contributed by atoms with Crippen LogP contribution in [0.25, 0.3) is 10.7 Å². The predicted molar refractivity (Wildman–Crippen MR) is 64.5 cm³/mol. The number of nitrogens with one attached hydrogen (secondary N) is 2. The van der Waals surface area contributed by atoms with Crippen molar-refractivity contribution < 1.29 is 0 Å². The van der Waals surface area contributed by atoms with Crippen molar-refractivity contribution in [2.75, 3.05) is 6.54 Å². The SMILES string of the molecule is CC1NCCC1c1nc(-c2cccs2)n[nH]1. The second-order valence-electron chi connectivity index (χ2n) is 4.16. The van der Waals surface area contributed by atoms with Crippen LogP contribution in [-0.4, -0.2) is 27.8 Å². The average molecular weight is 234 g/mol. The number of H-pyrrole nitrogens is 1. The Balaban J connectivity index is 1.88. The van der Waals surface area contributed by atoms with E-state index in [0.29, 0.717) is 12.0 Å². The number of rotatable bonds is 2. The Hall–Kier alpha value is -1.20. The molecule has 2 aromatic heterocycles. The van der Waals surface area contributed by atoms with Crippen molar-refractivity contribution in [1.29, 1.82) is 0 Å². The minimum atomic E-state index is 0.473. The normalized spacial score (nSPS) is 25.1. The average Bonchev–Trinajstić information content (AvgIpc) is 2.96. The lowest BCUT2D eigenvalue weighted by Crippen LogP contribution is -2.22. The molecule has 1 fully saturated rings. The Morgan fingerprint density at radius 3 is 3.12 bits per heavy atom. The van der Waals surface area contributed by atoms with Gasteiger partial charge in [0.2, 0.25) is 0 Å². The van der Waals surface area contributed by atoms with E-state index in [1.54, 1.807) is 11.3 Å². The Bertz CT molecular complexity index is 462. The molecule has 2 N–H and O–H groups in total. The lowest BCUT2D eigenvalue weighted by Gasteiger charge is -2.10. The molecule has 0 spiro atoms. The third-order valence-electron chi connectivity index (χ3n) is 3.12. The summed E-state index contributed by atoms with van der Waals surface area (Å²) in [5.41, 5.74) is 0. The molecule has 84 valence electrons. The molecule has 3 heterocycles. The highest BCUT2D eigenvalue weighted by Crippen LogP contribution is 2.27. The van der Waals surface area contributed by atoms with Crippen molar-refractivity contribution >= 4 is 11.3 Å². The van der Waals surface area contributed by atoms with Gasteiger partial charge in [-0.05, 0) is 31.3 Å². The Kier molecular flexibility index (Phi) is 2.49. The molecular formula is C11H14N4S. The van der Waals surface area contributed by atoms with Crippen LogP contribution in [0, 0.1) is 0 Å². The summed E-state index contributed by atoms with van der Waals surface area (Å²) in [7, 11) is 0. The largest absolute Gasteiger partial charge is 0.314 e. The van der Waals surface area contributed by atoms with Gasteiger partial charge in [0.25, 0.3) is 0 Å². The van der Waals surface area contributed by atoms with E-state index in [0.717, 1.165) is 29.5 Å². The fraction of sp³-hybridized carbons (Fsp3) is 0.455. The van der Waals surface area contributed by atoms with E-state index in [1.807, 2.05) is 17.5 Å². The summed E-state index contributed by atoms with van der Waals surface area (Å²) >= 11 is 1.67. The molecular weight excluding hydrogens is 220 g/mol. The number of thiophene rings is 1. The smallest absolute Gasteiger partial charge is 0.191 e. The van der Waals surface area contributed by atoms with E-state index in [2.05, 4.69) is 27.4 Å². The first-order valence-corrected chi connectivity index (χ1v) is 6.42. The van der Waals surface area contributed by atoms with Crippen molar-refractivity contribution in [2.24, 2.45) is 0 Å². The summed E-state index contributed by atoms with van der Waals surface area (Å²) in [6.45, 7) is 3.27. The van der Waals surface area contributed by atoms with E-state index < -0.39 is 0 Å². The summed E-state index contributed by atoms with van der Waals surface area (Å²) < 4.78 is 0. The third-order valence-corrected chi connectivity index (χ3v) is 3.99. The molecule has 2 aromatic rings. The first-order valence-electron chi connectivity index (χ1n) is 5.54. The van der Waals surface area contributed by atoms with Crippen LogP contribution in [0.2, 0.25) is 0 Å². The fourth-order valence-corrected chi connectivity index (χ4v) is 2.85. The zero-order valence-electron chi connectivity index (χ0n) is 9.10. The van der Waals surface area contributed by atoms with Gasteiger partial charge in [-0.1, -0.05) is 6.07 Å². The quantitative estimate of drug-likeness (QED) is 0.835. The second kappa shape index (κ2) is 3.99. The van der Waals surface area contributed by atoms with Crippen molar-refractivity contribution in [3.8, 4) is 10.7 Å². The minimum absolute atomic E-state index is 0.473. The number of hydrogen-bond acceptors (Lipinski definition) is 4. The predicted octanol–water partition coefficient (Wildman–Crippen LogP) is 2.00. The molecule has 3 rings (SSSR count). The van der Waals surface area contributed by atoms with Gasteiger partial charge in [-0.15, -0.1) is 11.3 Å². The van der Waals surface area contributed by atoms with Gasteiger partial charge >= 0.3 is 0 Å². The number of aromatic amines is 1. The molecule has 16 heavy (non-hydrogen) atoms. The van der Waals surface area contributed by atoms with Crippen LogP contribution in [0.5, 0.6) is 0 Å². The molecule has 1 aliphatic heterocycles. The first-order chi connectivity index (χ1) is 7.84. The monoisotopic (exact) mass is 234 g/mol. The first kappa shape index (κ1) is 9.99. The number of aromatic nitrogens is 3. The topological polar surface area (TPSA) is 53.6 Å². The molecule has 0 saturated carbocycles. The minimum Gasteiger partial charge on any atom is -0.314 e. The van der Waals surface area contributed by atoms with Gasteiger partial charge in [0.1, 0.15) is 5.82 Å². The highest BCUT2D eigenvalue weighted by Gasteiger charge is 2.27. The molecule has 5 heteroatoms. The van der Waals surface area contributed by atoms with Gasteiger partial charge in [-0.3, -0.25) is 5.10 Å². The van der Waals surface area contributed by atoms with Crippen LogP contribution >= 0.6 is 11.3 Å². The zero-order chi connectivity index (χ0) is 11.0. The van der Waals surface area contributed by atoms with Gasteiger partial charge in [0.05, 0.1) is 4.88 Å². The van der Waals surface area contributed by atoms with Gasteiger partial charge in [0.15, 0.2) is 5.82 Å². The van der Waals surface area contributed by atoms with Gasteiger partial charge in [-0.25, -0.2) is 4.98 Å². The summed E-state index contributed by atoms with van der Waals surface area (Å²) in [4.78, 5) is 5.71. The summed E-state index contributed by atoms with van der Waals surface area (Å²) in [5.74, 6) is 2.31. The summed E-state index contributed by atoms with van der Waals surface area (Å²) in [6, 6.07) is 4.56. The maximum absolute atomic E-state index is 4.59. The van der Waals surface area contributed by atoms with Gasteiger partial charge < -0.3 is 5.32 Å².